The van der Waals surface area contributed by atoms with Crippen molar-refractivity contribution in [1.82, 2.24) is 20.1 Å². The maximum atomic E-state index is 12.2. The summed E-state index contributed by atoms with van der Waals surface area (Å²) in [7, 11) is 0. The number of fused-ring (bicyclic) bond motifs is 1. The highest BCUT2D eigenvalue weighted by Gasteiger charge is 2.11. The molecule has 8 heteroatoms. The van der Waals surface area contributed by atoms with Crippen LogP contribution in [0.5, 0.6) is 5.75 Å². The Labute approximate surface area is 183 Å². The second-order valence-electron chi connectivity index (χ2n) is 7.04. The molecule has 2 aromatic carbocycles. The predicted molar refractivity (Wildman–Crippen MR) is 122 cm³/mol. The maximum Gasteiger partial charge on any atom is 0.266 e. The minimum Gasteiger partial charge on any atom is -0.483 e. The van der Waals surface area contributed by atoms with Gasteiger partial charge in [0.15, 0.2) is 6.61 Å². The first-order chi connectivity index (χ1) is 15.0. The van der Waals surface area contributed by atoms with Gasteiger partial charge in [0, 0.05) is 18.0 Å². The van der Waals surface area contributed by atoms with Gasteiger partial charge < -0.3 is 10.1 Å². The number of benzene rings is 2. The van der Waals surface area contributed by atoms with Crippen molar-refractivity contribution in [3.05, 3.63) is 75.7 Å². The number of aryl methyl sites for hydroxylation is 2. The third kappa shape index (κ3) is 4.80. The van der Waals surface area contributed by atoms with Gasteiger partial charge in [-0.2, -0.15) is 5.10 Å². The number of nitrogens with one attached hydrogen (secondary N) is 1. The van der Waals surface area contributed by atoms with Crippen LogP contribution in [-0.2, 0) is 11.3 Å². The van der Waals surface area contributed by atoms with E-state index in [1.165, 1.54) is 10.7 Å². The van der Waals surface area contributed by atoms with Gasteiger partial charge in [0.1, 0.15) is 11.4 Å². The molecule has 158 valence electrons. The average Bonchev–Trinajstić information content (AvgIpc) is 3.11. The van der Waals surface area contributed by atoms with Crippen LogP contribution in [-0.4, -0.2) is 33.8 Å². The van der Waals surface area contributed by atoms with Gasteiger partial charge in [-0.25, -0.2) is 9.67 Å². The van der Waals surface area contributed by atoms with Crippen LogP contribution < -0.4 is 15.6 Å². The molecule has 1 amide bonds. The zero-order chi connectivity index (χ0) is 21.8. The molecule has 31 heavy (non-hydrogen) atoms. The normalized spacial score (nSPS) is 10.9. The van der Waals surface area contributed by atoms with Gasteiger partial charge in [-0.05, 0) is 31.4 Å². The maximum absolute atomic E-state index is 12.2. The molecule has 4 aromatic rings. The topological polar surface area (TPSA) is 86.1 Å². The minimum atomic E-state index is -0.258. The molecule has 0 saturated heterocycles. The van der Waals surface area contributed by atoms with Crippen molar-refractivity contribution in [3.8, 4) is 16.3 Å². The van der Waals surface area contributed by atoms with Crippen molar-refractivity contribution in [1.29, 1.82) is 0 Å². The second-order valence-corrected chi connectivity index (χ2v) is 8.25. The molecule has 0 aliphatic heterocycles. The van der Waals surface area contributed by atoms with Gasteiger partial charge in [0.05, 0.1) is 22.1 Å². The summed E-state index contributed by atoms with van der Waals surface area (Å²) in [4.78, 5) is 29.7. The number of carbonyl (C=O) groups excluding carboxylic acids is 1. The minimum absolute atomic E-state index is 0.101. The number of rotatable bonds is 7. The molecule has 0 spiro atoms. The van der Waals surface area contributed by atoms with Crippen LogP contribution >= 0.6 is 11.3 Å². The molecule has 1 N–H and O–H groups in total. The first-order valence-corrected chi connectivity index (χ1v) is 10.7. The molecule has 2 aromatic heterocycles. The molecule has 0 bridgehead atoms. The van der Waals surface area contributed by atoms with E-state index in [0.29, 0.717) is 11.4 Å². The number of thiazole rings is 1. The summed E-state index contributed by atoms with van der Waals surface area (Å²) >= 11 is 1.54. The van der Waals surface area contributed by atoms with Crippen LogP contribution in [0.15, 0.2) is 59.4 Å². The Morgan fingerprint density at radius 1 is 1.10 bits per heavy atom. The molecular weight excluding hydrogens is 412 g/mol. The third-order valence-electron chi connectivity index (χ3n) is 4.76. The highest BCUT2D eigenvalue weighted by atomic mass is 32.1. The Morgan fingerprint density at radius 3 is 2.71 bits per heavy atom. The van der Waals surface area contributed by atoms with Crippen molar-refractivity contribution < 1.29 is 9.53 Å². The molecule has 4 rings (SSSR count). The van der Waals surface area contributed by atoms with Crippen LogP contribution in [0.2, 0.25) is 0 Å². The molecule has 0 saturated carbocycles. The van der Waals surface area contributed by atoms with Gasteiger partial charge in [-0.3, -0.25) is 9.59 Å². The van der Waals surface area contributed by atoms with Gasteiger partial charge in [-0.1, -0.05) is 36.4 Å². The van der Waals surface area contributed by atoms with Gasteiger partial charge >= 0.3 is 0 Å². The summed E-state index contributed by atoms with van der Waals surface area (Å²) in [5.41, 5.74) is 1.37. The highest BCUT2D eigenvalue weighted by Crippen LogP contribution is 2.27. The molecule has 7 nitrogen and oxygen atoms in total. The van der Waals surface area contributed by atoms with E-state index in [9.17, 15) is 9.59 Å². The lowest BCUT2D eigenvalue weighted by atomic mass is 10.1. The highest BCUT2D eigenvalue weighted by molar-refractivity contribution is 7.15. The predicted octanol–water partition coefficient (Wildman–Crippen LogP) is 3.33. The molecule has 0 atom stereocenters. The monoisotopic (exact) mass is 434 g/mol. The molecule has 0 unspecified atom stereocenters. The van der Waals surface area contributed by atoms with E-state index in [4.69, 9.17) is 4.74 Å². The van der Waals surface area contributed by atoms with E-state index in [0.717, 1.165) is 26.4 Å². The Kier molecular flexibility index (Phi) is 6.08. The van der Waals surface area contributed by atoms with Crippen molar-refractivity contribution in [2.45, 2.75) is 20.4 Å². The largest absolute Gasteiger partial charge is 0.483 e. The summed E-state index contributed by atoms with van der Waals surface area (Å²) in [5.74, 6) is 0.403. The fourth-order valence-corrected chi connectivity index (χ4v) is 4.20. The van der Waals surface area contributed by atoms with Crippen LogP contribution in [0.4, 0.5) is 0 Å². The lowest BCUT2D eigenvalue weighted by molar-refractivity contribution is -0.123. The van der Waals surface area contributed by atoms with Crippen LogP contribution in [0.1, 0.15) is 10.7 Å². The number of hydrogen-bond acceptors (Lipinski definition) is 6. The van der Waals surface area contributed by atoms with Gasteiger partial charge in [0.25, 0.3) is 11.5 Å². The quantitative estimate of drug-likeness (QED) is 0.482. The molecule has 0 aliphatic rings. The fraction of sp³-hybridized carbons (Fsp3) is 0.217. The van der Waals surface area contributed by atoms with E-state index in [1.54, 1.807) is 17.4 Å². The van der Waals surface area contributed by atoms with Crippen LogP contribution in [0.3, 0.4) is 0 Å². The first kappa shape index (κ1) is 20.7. The molecule has 0 aliphatic carbocycles. The Bertz CT molecular complexity index is 1290. The van der Waals surface area contributed by atoms with Gasteiger partial charge in [0.2, 0.25) is 0 Å². The van der Waals surface area contributed by atoms with Crippen molar-refractivity contribution >= 4 is 28.0 Å². The average molecular weight is 435 g/mol. The van der Waals surface area contributed by atoms with Crippen LogP contribution in [0.25, 0.3) is 21.3 Å². The zero-order valence-electron chi connectivity index (χ0n) is 17.3. The Hall–Kier alpha value is -3.52. The summed E-state index contributed by atoms with van der Waals surface area (Å²) < 4.78 is 7.06. The Balaban J connectivity index is 1.35. The molecule has 0 fully saturated rings. The van der Waals surface area contributed by atoms with E-state index in [2.05, 4.69) is 15.4 Å². The second kappa shape index (κ2) is 9.09. The van der Waals surface area contributed by atoms with Crippen LogP contribution in [0, 0.1) is 13.8 Å². The summed E-state index contributed by atoms with van der Waals surface area (Å²) in [6.07, 6.45) is 0. The molecular formula is C23H22N4O3S. The lowest BCUT2D eigenvalue weighted by Crippen LogP contribution is -2.34. The summed E-state index contributed by atoms with van der Waals surface area (Å²) in [6, 6.07) is 16.8. The number of hydrogen-bond donors (Lipinski definition) is 1. The fourth-order valence-electron chi connectivity index (χ4n) is 3.32. The summed E-state index contributed by atoms with van der Waals surface area (Å²) in [5, 5.41) is 10.2. The van der Waals surface area contributed by atoms with Crippen molar-refractivity contribution in [2.24, 2.45) is 0 Å². The van der Waals surface area contributed by atoms with E-state index < -0.39 is 0 Å². The number of ether oxygens (including phenoxy) is 1. The van der Waals surface area contributed by atoms with Crippen molar-refractivity contribution in [2.75, 3.05) is 13.2 Å². The lowest BCUT2D eigenvalue weighted by Gasteiger charge is -2.10. The number of nitrogens with zero attached hydrogens (tertiary/aromatic N) is 3. The molecule has 0 radical (unpaired) electrons. The number of aromatic nitrogens is 3. The number of carbonyl (C=O) groups is 1. The summed E-state index contributed by atoms with van der Waals surface area (Å²) in [6.45, 7) is 4.30. The van der Waals surface area contributed by atoms with E-state index in [1.807, 2.05) is 56.3 Å². The van der Waals surface area contributed by atoms with Crippen molar-refractivity contribution in [3.63, 3.8) is 0 Å². The van der Waals surface area contributed by atoms with E-state index in [-0.39, 0.29) is 31.2 Å². The number of amides is 1. The smallest absolute Gasteiger partial charge is 0.266 e. The standard InChI is InChI=1S/C23H22N4O3S/c1-15-23(31-16(2)25-15)19-10-11-22(29)27(26-19)13-12-24-21(28)14-30-20-9-5-7-17-6-3-4-8-18(17)20/h3-11H,12-14H2,1-2H3,(H,24,28). The zero-order valence-corrected chi connectivity index (χ0v) is 18.1. The molecule has 2 heterocycles. The van der Waals surface area contributed by atoms with E-state index >= 15 is 0 Å². The Morgan fingerprint density at radius 2 is 1.90 bits per heavy atom. The SMILES string of the molecule is Cc1nc(C)c(-c2ccc(=O)n(CCNC(=O)COc3cccc4ccccc34)n2)s1. The third-order valence-corrected chi connectivity index (χ3v) is 5.85. The van der Waals surface area contributed by atoms with Gasteiger partial charge in [-0.15, -0.1) is 11.3 Å². The first-order valence-electron chi connectivity index (χ1n) is 9.91.